The van der Waals surface area contributed by atoms with Crippen molar-refractivity contribution >= 4 is 5.91 Å². The molecule has 0 aliphatic heterocycles. The van der Waals surface area contributed by atoms with E-state index in [4.69, 9.17) is 9.47 Å². The molecule has 1 amide bonds. The molecule has 0 saturated heterocycles. The summed E-state index contributed by atoms with van der Waals surface area (Å²) in [7, 11) is 3.06. The fourth-order valence-corrected chi connectivity index (χ4v) is 2.63. The van der Waals surface area contributed by atoms with Crippen LogP contribution in [0.4, 0.5) is 0 Å². The van der Waals surface area contributed by atoms with Gasteiger partial charge >= 0.3 is 0 Å². The molecule has 1 unspecified atom stereocenters. The van der Waals surface area contributed by atoms with E-state index in [0.29, 0.717) is 17.1 Å². The average molecular weight is 317 g/mol. The molecule has 1 aromatic heterocycles. The van der Waals surface area contributed by atoms with Crippen LogP contribution in [0.25, 0.3) is 0 Å². The predicted octanol–water partition coefficient (Wildman–Crippen LogP) is 2.72. The predicted molar refractivity (Wildman–Crippen MR) is 88.1 cm³/mol. The van der Waals surface area contributed by atoms with Gasteiger partial charge in [0.1, 0.15) is 17.1 Å². The van der Waals surface area contributed by atoms with Crippen LogP contribution in [0.15, 0.2) is 24.4 Å². The minimum absolute atomic E-state index is 0.169. The lowest BCUT2D eigenvalue weighted by Crippen LogP contribution is -2.27. The lowest BCUT2D eigenvalue weighted by atomic mass is 10.1. The van der Waals surface area contributed by atoms with Crippen LogP contribution >= 0.6 is 0 Å². The fourth-order valence-electron chi connectivity index (χ4n) is 2.63. The number of nitrogens with zero attached hydrogens (tertiary/aromatic N) is 2. The maximum Gasteiger partial charge on any atom is 0.259 e. The first-order valence-corrected chi connectivity index (χ1v) is 7.57. The zero-order valence-electron chi connectivity index (χ0n) is 14.2. The van der Waals surface area contributed by atoms with Crippen molar-refractivity contribution in [2.24, 2.45) is 0 Å². The molecule has 23 heavy (non-hydrogen) atoms. The van der Waals surface area contributed by atoms with Gasteiger partial charge in [-0.25, -0.2) is 0 Å². The number of carbonyl (C=O) groups excluding carboxylic acids is 1. The third kappa shape index (κ3) is 3.31. The standard InChI is InChI=1S/C17H23N3O3/c1-6-20-12(3)13(10-18-20)11(2)19-17(21)16-14(22-4)8-7-9-15(16)23-5/h7-11H,6H2,1-5H3,(H,19,21). The highest BCUT2D eigenvalue weighted by atomic mass is 16.5. The largest absolute Gasteiger partial charge is 0.496 e. The van der Waals surface area contributed by atoms with Crippen molar-refractivity contribution in [3.63, 3.8) is 0 Å². The third-order valence-corrected chi connectivity index (χ3v) is 3.91. The van der Waals surface area contributed by atoms with Gasteiger partial charge in [0.15, 0.2) is 0 Å². The van der Waals surface area contributed by atoms with E-state index in [1.54, 1.807) is 24.4 Å². The molecule has 124 valence electrons. The number of amides is 1. The summed E-state index contributed by atoms with van der Waals surface area (Å²) in [4.78, 5) is 12.7. The molecule has 0 aliphatic carbocycles. The van der Waals surface area contributed by atoms with Gasteiger partial charge in [-0.1, -0.05) is 6.07 Å². The van der Waals surface area contributed by atoms with Crippen LogP contribution in [-0.2, 0) is 6.54 Å². The van der Waals surface area contributed by atoms with Gasteiger partial charge in [-0.05, 0) is 32.9 Å². The van der Waals surface area contributed by atoms with Gasteiger partial charge < -0.3 is 14.8 Å². The summed E-state index contributed by atoms with van der Waals surface area (Å²) in [5.41, 5.74) is 2.44. The molecule has 1 atom stereocenters. The number of aryl methyl sites for hydroxylation is 1. The number of hydrogen-bond donors (Lipinski definition) is 1. The van der Waals surface area contributed by atoms with Crippen molar-refractivity contribution in [2.75, 3.05) is 14.2 Å². The van der Waals surface area contributed by atoms with Crippen molar-refractivity contribution in [1.82, 2.24) is 15.1 Å². The Kier molecular flexibility index (Phi) is 5.26. The molecule has 0 aliphatic rings. The number of hydrogen-bond acceptors (Lipinski definition) is 4. The molecule has 0 spiro atoms. The summed E-state index contributed by atoms with van der Waals surface area (Å²) in [5.74, 6) is 0.723. The highest BCUT2D eigenvalue weighted by Crippen LogP contribution is 2.29. The summed E-state index contributed by atoms with van der Waals surface area (Å²) < 4.78 is 12.5. The fraction of sp³-hybridized carbons (Fsp3) is 0.412. The second-order valence-corrected chi connectivity index (χ2v) is 5.23. The minimum Gasteiger partial charge on any atom is -0.496 e. The lowest BCUT2D eigenvalue weighted by Gasteiger charge is -2.17. The Morgan fingerprint density at radius 3 is 2.39 bits per heavy atom. The van der Waals surface area contributed by atoms with Crippen LogP contribution < -0.4 is 14.8 Å². The van der Waals surface area contributed by atoms with Gasteiger partial charge in [-0.2, -0.15) is 5.10 Å². The Morgan fingerprint density at radius 2 is 1.91 bits per heavy atom. The van der Waals surface area contributed by atoms with Gasteiger partial charge in [-0.15, -0.1) is 0 Å². The van der Waals surface area contributed by atoms with Gasteiger partial charge in [0.2, 0.25) is 0 Å². The number of ether oxygens (including phenoxy) is 2. The molecule has 1 heterocycles. The molecular formula is C17H23N3O3. The quantitative estimate of drug-likeness (QED) is 0.889. The highest BCUT2D eigenvalue weighted by molar-refractivity contribution is 5.99. The summed E-state index contributed by atoms with van der Waals surface area (Å²) in [6, 6.07) is 5.09. The third-order valence-electron chi connectivity index (χ3n) is 3.91. The molecule has 2 rings (SSSR count). The molecule has 0 bridgehead atoms. The van der Waals surface area contributed by atoms with Crippen LogP contribution in [0.3, 0.4) is 0 Å². The number of benzene rings is 1. The molecule has 0 saturated carbocycles. The van der Waals surface area contributed by atoms with E-state index in [2.05, 4.69) is 10.4 Å². The molecule has 1 N–H and O–H groups in total. The summed E-state index contributed by atoms with van der Waals surface area (Å²) in [6.07, 6.45) is 1.79. The zero-order valence-corrected chi connectivity index (χ0v) is 14.2. The molecule has 6 nitrogen and oxygen atoms in total. The second-order valence-electron chi connectivity index (χ2n) is 5.23. The first-order valence-electron chi connectivity index (χ1n) is 7.57. The van der Waals surface area contributed by atoms with Crippen molar-refractivity contribution in [1.29, 1.82) is 0 Å². The highest BCUT2D eigenvalue weighted by Gasteiger charge is 2.21. The van der Waals surface area contributed by atoms with Crippen molar-refractivity contribution in [3.8, 4) is 11.5 Å². The van der Waals surface area contributed by atoms with Gasteiger partial charge in [-0.3, -0.25) is 9.48 Å². The van der Waals surface area contributed by atoms with E-state index in [1.807, 2.05) is 25.5 Å². The molecule has 0 radical (unpaired) electrons. The molecule has 2 aromatic rings. The lowest BCUT2D eigenvalue weighted by molar-refractivity contribution is 0.0933. The first kappa shape index (κ1) is 16.9. The van der Waals surface area contributed by atoms with E-state index in [0.717, 1.165) is 17.8 Å². The van der Waals surface area contributed by atoms with Crippen molar-refractivity contribution in [2.45, 2.75) is 33.4 Å². The van der Waals surface area contributed by atoms with E-state index in [1.165, 1.54) is 14.2 Å². The zero-order chi connectivity index (χ0) is 17.0. The molecule has 6 heteroatoms. The average Bonchev–Trinajstić information content (AvgIpc) is 2.94. The van der Waals surface area contributed by atoms with Crippen LogP contribution in [0.5, 0.6) is 11.5 Å². The Bertz CT molecular complexity index is 672. The summed E-state index contributed by atoms with van der Waals surface area (Å²) in [5, 5.41) is 7.31. The Hall–Kier alpha value is -2.50. The van der Waals surface area contributed by atoms with Gasteiger partial charge in [0.05, 0.1) is 26.5 Å². The van der Waals surface area contributed by atoms with Crippen molar-refractivity contribution in [3.05, 3.63) is 41.2 Å². The molecule has 1 aromatic carbocycles. The number of carbonyl (C=O) groups is 1. The number of nitrogens with one attached hydrogen (secondary N) is 1. The van der Waals surface area contributed by atoms with Crippen molar-refractivity contribution < 1.29 is 14.3 Å². The number of rotatable bonds is 6. The monoisotopic (exact) mass is 317 g/mol. The SMILES string of the molecule is CCn1ncc(C(C)NC(=O)c2c(OC)cccc2OC)c1C. The number of aromatic nitrogens is 2. The minimum atomic E-state index is -0.240. The second kappa shape index (κ2) is 7.17. The maximum absolute atomic E-state index is 12.7. The first-order chi connectivity index (χ1) is 11.0. The smallest absolute Gasteiger partial charge is 0.259 e. The van der Waals surface area contributed by atoms with Gasteiger partial charge in [0.25, 0.3) is 5.91 Å². The van der Waals surface area contributed by atoms with E-state index < -0.39 is 0 Å². The normalized spacial score (nSPS) is 11.9. The molecular weight excluding hydrogens is 294 g/mol. The summed E-state index contributed by atoms with van der Waals surface area (Å²) >= 11 is 0. The van der Waals surface area contributed by atoms with Crippen LogP contribution in [0.2, 0.25) is 0 Å². The summed E-state index contributed by atoms with van der Waals surface area (Å²) in [6.45, 7) is 6.77. The van der Waals surface area contributed by atoms with E-state index >= 15 is 0 Å². The molecule has 0 fully saturated rings. The Balaban J connectivity index is 2.26. The number of methoxy groups -OCH3 is 2. The van der Waals surface area contributed by atoms with E-state index in [9.17, 15) is 4.79 Å². The Labute approximate surface area is 136 Å². The van der Waals surface area contributed by atoms with Crippen LogP contribution in [0.1, 0.15) is 41.5 Å². The maximum atomic E-state index is 12.7. The topological polar surface area (TPSA) is 65.4 Å². The van der Waals surface area contributed by atoms with Crippen LogP contribution in [0, 0.1) is 6.92 Å². The Morgan fingerprint density at radius 1 is 1.30 bits per heavy atom. The van der Waals surface area contributed by atoms with E-state index in [-0.39, 0.29) is 11.9 Å². The van der Waals surface area contributed by atoms with Gasteiger partial charge in [0, 0.05) is 17.8 Å². The van der Waals surface area contributed by atoms with Crippen LogP contribution in [-0.4, -0.2) is 29.9 Å².